The fourth-order valence-electron chi connectivity index (χ4n) is 1.81. The summed E-state index contributed by atoms with van der Waals surface area (Å²) in [6.07, 6.45) is 0. The zero-order valence-electron chi connectivity index (χ0n) is 13.8. The van der Waals surface area contributed by atoms with Crippen LogP contribution in [-0.4, -0.2) is 48.1 Å². The van der Waals surface area contributed by atoms with Crippen molar-refractivity contribution >= 4 is 0 Å². The molecule has 17 heavy (non-hydrogen) atoms. The van der Waals surface area contributed by atoms with Gasteiger partial charge < -0.3 is 9.80 Å². The second-order valence-corrected chi connectivity index (χ2v) is 8.22. The molecule has 0 amide bonds. The monoisotopic (exact) mass is 242 g/mol. The summed E-state index contributed by atoms with van der Waals surface area (Å²) >= 11 is 0. The van der Waals surface area contributed by atoms with Crippen molar-refractivity contribution in [1.29, 1.82) is 0 Å². The number of hydrogen-bond acceptors (Lipinski definition) is 2. The molecule has 0 rings (SSSR count). The van der Waals surface area contributed by atoms with Crippen LogP contribution in [0.3, 0.4) is 0 Å². The molecule has 2 nitrogen and oxygen atoms in total. The predicted molar refractivity (Wildman–Crippen MR) is 78.5 cm³/mol. The van der Waals surface area contributed by atoms with Gasteiger partial charge in [0.15, 0.2) is 0 Å². The standard InChI is InChI=1S/C15H34N2/c1-13(2,3)16(9)11-15(7,8)12-17(10)14(4,5)6/h11-12H2,1-10H3. The van der Waals surface area contributed by atoms with Crippen LogP contribution in [0.25, 0.3) is 0 Å². The summed E-state index contributed by atoms with van der Waals surface area (Å²) in [5, 5.41) is 0. The van der Waals surface area contributed by atoms with Gasteiger partial charge in [-0.3, -0.25) is 0 Å². The van der Waals surface area contributed by atoms with E-state index in [0.717, 1.165) is 13.1 Å². The van der Waals surface area contributed by atoms with Crippen molar-refractivity contribution in [3.8, 4) is 0 Å². The lowest BCUT2D eigenvalue weighted by molar-refractivity contribution is 0.0625. The SMILES string of the molecule is CN(CC(C)(C)CN(C)C(C)(C)C)C(C)(C)C. The van der Waals surface area contributed by atoms with Crippen LogP contribution in [0.1, 0.15) is 55.4 Å². The first-order valence-electron chi connectivity index (χ1n) is 6.68. The molecule has 0 spiro atoms. The van der Waals surface area contributed by atoms with Crippen molar-refractivity contribution in [1.82, 2.24) is 9.80 Å². The van der Waals surface area contributed by atoms with Gasteiger partial charge in [-0.15, -0.1) is 0 Å². The molecule has 0 heterocycles. The molecule has 0 aromatic carbocycles. The van der Waals surface area contributed by atoms with Gasteiger partial charge in [-0.25, -0.2) is 0 Å². The van der Waals surface area contributed by atoms with Gasteiger partial charge in [-0.1, -0.05) is 13.8 Å². The zero-order valence-corrected chi connectivity index (χ0v) is 13.8. The molecular weight excluding hydrogens is 208 g/mol. The first-order chi connectivity index (χ1) is 7.26. The Labute approximate surface area is 109 Å². The third-order valence-electron chi connectivity index (χ3n) is 3.62. The van der Waals surface area contributed by atoms with Crippen LogP contribution in [0.5, 0.6) is 0 Å². The minimum atomic E-state index is 0.248. The van der Waals surface area contributed by atoms with E-state index in [2.05, 4.69) is 79.3 Å². The molecule has 0 unspecified atom stereocenters. The van der Waals surface area contributed by atoms with Crippen molar-refractivity contribution in [3.05, 3.63) is 0 Å². The highest BCUT2D eigenvalue weighted by Gasteiger charge is 2.29. The Hall–Kier alpha value is -0.0800. The average molecular weight is 242 g/mol. The molecule has 0 saturated heterocycles. The fourth-order valence-corrected chi connectivity index (χ4v) is 1.81. The summed E-state index contributed by atoms with van der Waals surface area (Å²) in [6, 6.07) is 0. The molecule has 0 aromatic rings. The Kier molecular flexibility index (Phi) is 5.25. The van der Waals surface area contributed by atoms with E-state index < -0.39 is 0 Å². The van der Waals surface area contributed by atoms with Crippen molar-refractivity contribution < 1.29 is 0 Å². The first kappa shape index (κ1) is 16.9. The van der Waals surface area contributed by atoms with Crippen LogP contribution in [0.15, 0.2) is 0 Å². The normalized spacial score (nSPS) is 14.8. The van der Waals surface area contributed by atoms with E-state index >= 15 is 0 Å². The third kappa shape index (κ3) is 6.42. The summed E-state index contributed by atoms with van der Waals surface area (Å²) in [6.45, 7) is 20.6. The second kappa shape index (κ2) is 5.27. The maximum atomic E-state index is 2.45. The van der Waals surface area contributed by atoms with E-state index in [1.807, 2.05) is 0 Å². The molecule has 0 fully saturated rings. The highest BCUT2D eigenvalue weighted by molar-refractivity contribution is 4.84. The summed E-state index contributed by atoms with van der Waals surface area (Å²) in [7, 11) is 4.44. The van der Waals surface area contributed by atoms with E-state index in [4.69, 9.17) is 0 Å². The Balaban J connectivity index is 4.50. The van der Waals surface area contributed by atoms with Gasteiger partial charge in [0.05, 0.1) is 0 Å². The van der Waals surface area contributed by atoms with Crippen LogP contribution in [-0.2, 0) is 0 Å². The highest BCUT2D eigenvalue weighted by atomic mass is 15.2. The smallest absolute Gasteiger partial charge is 0.0122 e. The molecule has 104 valence electrons. The van der Waals surface area contributed by atoms with Crippen LogP contribution in [0, 0.1) is 5.41 Å². The highest BCUT2D eigenvalue weighted by Crippen LogP contribution is 2.24. The van der Waals surface area contributed by atoms with Crippen molar-refractivity contribution in [2.24, 2.45) is 5.41 Å². The predicted octanol–water partition coefficient (Wildman–Crippen LogP) is 3.47. The molecule has 0 atom stereocenters. The van der Waals surface area contributed by atoms with Crippen molar-refractivity contribution in [3.63, 3.8) is 0 Å². The lowest BCUT2D eigenvalue weighted by Gasteiger charge is -2.43. The molecule has 0 radical (unpaired) electrons. The quantitative estimate of drug-likeness (QED) is 0.745. The van der Waals surface area contributed by atoms with Crippen molar-refractivity contribution in [2.45, 2.75) is 66.5 Å². The molecule has 0 aliphatic rings. The Bertz CT molecular complexity index is 206. The Morgan fingerprint density at radius 2 is 0.824 bits per heavy atom. The van der Waals surface area contributed by atoms with Crippen LogP contribution >= 0.6 is 0 Å². The second-order valence-electron chi connectivity index (χ2n) is 8.22. The number of rotatable bonds is 4. The number of hydrogen-bond donors (Lipinski definition) is 0. The average Bonchev–Trinajstić information content (AvgIpc) is 1.97. The minimum Gasteiger partial charge on any atom is -0.301 e. The van der Waals surface area contributed by atoms with Gasteiger partial charge in [0.2, 0.25) is 0 Å². The molecular formula is C15H34N2. The molecule has 0 bridgehead atoms. The first-order valence-corrected chi connectivity index (χ1v) is 6.68. The summed E-state index contributed by atoms with van der Waals surface area (Å²) in [5.41, 5.74) is 0.805. The van der Waals surface area contributed by atoms with Crippen LogP contribution in [0.4, 0.5) is 0 Å². The fraction of sp³-hybridized carbons (Fsp3) is 1.00. The van der Waals surface area contributed by atoms with Crippen molar-refractivity contribution in [2.75, 3.05) is 27.2 Å². The summed E-state index contributed by atoms with van der Waals surface area (Å²) in [4.78, 5) is 4.90. The van der Waals surface area contributed by atoms with Crippen LogP contribution in [0.2, 0.25) is 0 Å². The van der Waals surface area contributed by atoms with Crippen LogP contribution < -0.4 is 0 Å². The Morgan fingerprint density at radius 1 is 0.588 bits per heavy atom. The third-order valence-corrected chi connectivity index (χ3v) is 3.62. The van der Waals surface area contributed by atoms with Gasteiger partial charge in [-0.05, 0) is 61.1 Å². The topological polar surface area (TPSA) is 6.48 Å². The van der Waals surface area contributed by atoms with Gasteiger partial charge in [-0.2, -0.15) is 0 Å². The molecule has 0 aromatic heterocycles. The maximum Gasteiger partial charge on any atom is 0.0122 e. The van der Waals surface area contributed by atoms with E-state index in [1.54, 1.807) is 0 Å². The van der Waals surface area contributed by atoms with E-state index in [9.17, 15) is 0 Å². The summed E-state index contributed by atoms with van der Waals surface area (Å²) in [5.74, 6) is 0. The molecule has 0 aliphatic heterocycles. The van der Waals surface area contributed by atoms with E-state index in [-0.39, 0.29) is 11.1 Å². The number of nitrogens with zero attached hydrogens (tertiary/aromatic N) is 2. The van der Waals surface area contributed by atoms with Gasteiger partial charge in [0.1, 0.15) is 0 Å². The maximum absolute atomic E-state index is 2.45. The molecule has 0 N–H and O–H groups in total. The summed E-state index contributed by atoms with van der Waals surface area (Å²) < 4.78 is 0. The molecule has 2 heteroatoms. The zero-order chi connectivity index (χ0) is 14.1. The van der Waals surface area contributed by atoms with E-state index in [0.29, 0.717) is 5.41 Å². The van der Waals surface area contributed by atoms with Gasteiger partial charge in [0.25, 0.3) is 0 Å². The molecule has 0 aliphatic carbocycles. The largest absolute Gasteiger partial charge is 0.301 e. The van der Waals surface area contributed by atoms with Gasteiger partial charge >= 0.3 is 0 Å². The van der Waals surface area contributed by atoms with E-state index in [1.165, 1.54) is 0 Å². The minimum absolute atomic E-state index is 0.248. The van der Waals surface area contributed by atoms with Gasteiger partial charge in [0, 0.05) is 24.2 Å². The lowest BCUT2D eigenvalue weighted by atomic mass is 9.88. The lowest BCUT2D eigenvalue weighted by Crippen LogP contribution is -2.49. The Morgan fingerprint density at radius 3 is 1.00 bits per heavy atom. The molecule has 0 saturated carbocycles.